The molecule has 2 heterocycles. The number of carbonyl (C=O) groups excluding carboxylic acids is 2. The number of carbonyl (C=O) groups is 2. The first kappa shape index (κ1) is 59.7. The molecule has 0 bridgehead atoms. The van der Waals surface area contributed by atoms with Crippen LogP contribution in [0.15, 0.2) is 54.6 Å². The Labute approximate surface area is 447 Å². The van der Waals surface area contributed by atoms with E-state index in [-0.39, 0.29) is 22.6 Å². The van der Waals surface area contributed by atoms with E-state index >= 15 is 0 Å². The quantitative estimate of drug-likeness (QED) is 0.0299. The van der Waals surface area contributed by atoms with Crippen molar-refractivity contribution in [3.63, 3.8) is 0 Å². The molecule has 2 atom stereocenters. The van der Waals surface area contributed by atoms with Gasteiger partial charge in [-0.15, -0.1) is 0 Å². The number of likely N-dealkylation sites (tertiary alicyclic amines) is 2. The number of methoxy groups -OCH3 is 3. The standard InChI is InChI=1S/C48H56N2O30/c1-76-25-13-21-23(15-26(25)77-2)40(59,60)37(30(21)51)39(57,58)20-9-11-49(12-10-20)43(65,66)29-32(53)34(55)36(35(56)33(29)54)80-18-79-28-14-22-24(16-27(28)78-3)41(61,62)38(31(22)52)42(63,64)44(67)45(68,69)47(72,73)50(48(74,75)46(44,70)71)17-19-7-5-4-6-8-19/h4-8,13-16,20,37-38,53-75H,9-12,17-18H2,1-3H3. The lowest BCUT2D eigenvalue weighted by atomic mass is 9.64. The minimum Gasteiger partial charge on any atom is -0.504 e. The molecule has 32 heteroatoms. The second kappa shape index (κ2) is 19.1. The van der Waals surface area contributed by atoms with Crippen LogP contribution >= 0.6 is 0 Å². The van der Waals surface area contributed by atoms with Gasteiger partial charge in [0.2, 0.25) is 47.0 Å². The third-order valence-electron chi connectivity index (χ3n) is 15.4. The van der Waals surface area contributed by atoms with Crippen molar-refractivity contribution in [1.82, 2.24) is 9.80 Å². The largest absolute Gasteiger partial charge is 0.504 e. The second-order valence-corrected chi connectivity index (χ2v) is 19.7. The van der Waals surface area contributed by atoms with Gasteiger partial charge < -0.3 is 141 Å². The summed E-state index contributed by atoms with van der Waals surface area (Å²) >= 11 is 0. The van der Waals surface area contributed by atoms with Crippen LogP contribution in [0.2, 0.25) is 0 Å². The summed E-state index contributed by atoms with van der Waals surface area (Å²) in [7, 11) is 3.36. The van der Waals surface area contributed by atoms with Crippen molar-refractivity contribution in [3.05, 3.63) is 88.0 Å². The topological polar surface area (TPSA) is 552 Å². The summed E-state index contributed by atoms with van der Waals surface area (Å²) in [6.45, 7) is -3.76. The van der Waals surface area contributed by atoms with Gasteiger partial charge in [0.25, 0.3) is 29.3 Å². The van der Waals surface area contributed by atoms with Crippen LogP contribution in [0.5, 0.6) is 51.7 Å². The maximum Gasteiger partial charge on any atom is 0.290 e. The number of ketones is 2. The number of Topliss-reactive ketones (excluding diaryl/α,β-unsaturated/α-hetero) is 2. The molecule has 0 amide bonds. The third kappa shape index (κ3) is 8.04. The minimum absolute atomic E-state index is 0.00367. The summed E-state index contributed by atoms with van der Waals surface area (Å²) in [4.78, 5) is 27.6. The molecule has 2 unspecified atom stereocenters. The average molecular weight is 1140 g/mol. The van der Waals surface area contributed by atoms with Crippen molar-refractivity contribution in [2.24, 2.45) is 17.8 Å². The highest BCUT2D eigenvalue weighted by molar-refractivity contribution is 6.05. The van der Waals surface area contributed by atoms with Crippen LogP contribution in [0.4, 0.5) is 0 Å². The van der Waals surface area contributed by atoms with E-state index in [0.717, 1.165) is 19.2 Å². The third-order valence-corrected chi connectivity index (χ3v) is 15.4. The summed E-state index contributed by atoms with van der Waals surface area (Å²) in [6, 6.07) is 9.59. The molecule has 2 aliphatic carbocycles. The summed E-state index contributed by atoms with van der Waals surface area (Å²) in [5.41, 5.74) is -10.0. The molecule has 0 spiro atoms. The van der Waals surface area contributed by atoms with Crippen molar-refractivity contribution in [2.75, 3.05) is 41.2 Å². The summed E-state index contributed by atoms with van der Waals surface area (Å²) < 4.78 is 26.0. The predicted octanol–water partition coefficient (Wildman–Crippen LogP) is -7.40. The molecule has 4 aromatic rings. The minimum atomic E-state index is -5.50. The first-order chi connectivity index (χ1) is 36.8. The number of phenolic OH excluding ortho intramolecular Hbond substituents is 4. The molecule has 4 aromatic carbocycles. The molecular formula is C48H56N2O30. The highest BCUT2D eigenvalue weighted by Gasteiger charge is 2.92. The Bertz CT molecular complexity index is 3050. The number of aliphatic hydroxyl groups is 19. The van der Waals surface area contributed by atoms with E-state index in [0.29, 0.717) is 17.0 Å². The predicted molar refractivity (Wildman–Crippen MR) is 250 cm³/mol. The first-order valence-electron chi connectivity index (χ1n) is 23.4. The first-order valence-corrected chi connectivity index (χ1v) is 23.4. The van der Waals surface area contributed by atoms with E-state index in [4.69, 9.17) is 23.7 Å². The van der Waals surface area contributed by atoms with Crippen LogP contribution < -0.4 is 23.7 Å². The van der Waals surface area contributed by atoms with Gasteiger partial charge in [0, 0.05) is 47.8 Å². The molecule has 0 radical (unpaired) electrons. The number of aromatic hydroxyl groups is 4. The lowest BCUT2D eigenvalue weighted by Gasteiger charge is -2.65. The van der Waals surface area contributed by atoms with Crippen molar-refractivity contribution in [1.29, 1.82) is 0 Å². The van der Waals surface area contributed by atoms with Crippen molar-refractivity contribution >= 4 is 11.6 Å². The number of piperidine rings is 2. The van der Waals surface area contributed by atoms with Crippen LogP contribution in [0, 0.1) is 17.8 Å². The van der Waals surface area contributed by atoms with Gasteiger partial charge in [0.15, 0.2) is 51.9 Å². The van der Waals surface area contributed by atoms with Gasteiger partial charge in [-0.1, -0.05) is 30.3 Å². The highest BCUT2D eigenvalue weighted by Crippen LogP contribution is 2.60. The lowest BCUT2D eigenvalue weighted by molar-refractivity contribution is -0.622. The number of phenols is 4. The fraction of sp³-hybridized carbons (Fsp3) is 0.458. The van der Waals surface area contributed by atoms with E-state index in [9.17, 15) is 127 Å². The summed E-state index contributed by atoms with van der Waals surface area (Å²) in [5, 5.41) is 258. The van der Waals surface area contributed by atoms with Gasteiger partial charge in [-0.25, -0.2) is 4.90 Å². The van der Waals surface area contributed by atoms with E-state index in [1.165, 1.54) is 44.6 Å². The van der Waals surface area contributed by atoms with Crippen LogP contribution in [-0.2, 0) is 24.0 Å². The van der Waals surface area contributed by atoms with E-state index in [1.54, 1.807) is 0 Å². The molecule has 8 rings (SSSR count). The zero-order chi connectivity index (χ0) is 59.8. The molecular weight excluding hydrogens is 1080 g/mol. The monoisotopic (exact) mass is 1140 g/mol. The van der Waals surface area contributed by atoms with Gasteiger partial charge in [-0.2, -0.15) is 4.90 Å². The van der Waals surface area contributed by atoms with Crippen LogP contribution in [0.3, 0.4) is 0 Å². The molecule has 0 aromatic heterocycles. The van der Waals surface area contributed by atoms with Crippen LogP contribution in [0.1, 0.15) is 55.8 Å². The zero-order valence-corrected chi connectivity index (χ0v) is 41.7. The van der Waals surface area contributed by atoms with Gasteiger partial charge in [0.1, 0.15) is 17.4 Å². The molecule has 32 nitrogen and oxygen atoms in total. The molecule has 4 aliphatic rings. The normalized spacial score (nSPS) is 23.1. The van der Waals surface area contributed by atoms with Crippen LogP contribution in [-0.4, -0.2) is 221 Å². The Morgan fingerprint density at radius 2 is 0.988 bits per heavy atom. The molecule has 438 valence electrons. The maximum absolute atomic E-state index is 14.1. The Morgan fingerprint density at radius 3 is 1.46 bits per heavy atom. The smallest absolute Gasteiger partial charge is 0.290 e. The zero-order valence-electron chi connectivity index (χ0n) is 41.7. The Morgan fingerprint density at radius 1 is 0.562 bits per heavy atom. The van der Waals surface area contributed by atoms with Gasteiger partial charge in [-0.05, 0) is 42.7 Å². The van der Waals surface area contributed by atoms with Crippen molar-refractivity contribution in [2.45, 2.75) is 77.4 Å². The fourth-order valence-corrected chi connectivity index (χ4v) is 11.0. The van der Waals surface area contributed by atoms with Gasteiger partial charge >= 0.3 is 0 Å². The number of rotatable bonds is 15. The van der Waals surface area contributed by atoms with Crippen LogP contribution in [0.25, 0.3) is 0 Å². The molecule has 23 N–H and O–H groups in total. The van der Waals surface area contributed by atoms with E-state index < -0.39 is 194 Å². The fourth-order valence-electron chi connectivity index (χ4n) is 11.0. The number of ether oxygens (including phenoxy) is 5. The highest BCUT2D eigenvalue weighted by atomic mass is 16.7. The number of hydrogen-bond acceptors (Lipinski definition) is 32. The van der Waals surface area contributed by atoms with Crippen molar-refractivity contribution < 1.29 is 151 Å². The van der Waals surface area contributed by atoms with Gasteiger partial charge in [-0.3, -0.25) is 9.59 Å². The van der Waals surface area contributed by atoms with Crippen molar-refractivity contribution in [3.8, 4) is 51.7 Å². The summed E-state index contributed by atoms with van der Waals surface area (Å²) in [5.74, 6) is -58.9. The lowest BCUT2D eigenvalue weighted by Crippen LogP contribution is -2.97. The van der Waals surface area contributed by atoms with E-state index in [2.05, 4.69) is 0 Å². The summed E-state index contributed by atoms with van der Waals surface area (Å²) in [6.07, 6.45) is -0.936. The Balaban J connectivity index is 1.01. The molecule has 2 saturated heterocycles. The number of benzene rings is 4. The SMILES string of the molecule is COc1cc2c(cc1OC)C(O)(O)C(C(O)(O)C1CCN(C(O)(O)c3c(O)c(O)c(OCOc4cc5c(cc4OC)C(O)(O)C(C(O)(O)C4(O)C(O)(O)C(O)(O)N(Cc6ccccc6)C(O)(O)C4(O)O)C5=O)c(O)c3O)CC1)C2=O. The number of hydrogen-bond donors (Lipinski definition) is 23. The Kier molecular flexibility index (Phi) is 14.2. The number of fused-ring (bicyclic) bond motifs is 2. The average Bonchev–Trinajstić information content (AvgIpc) is 3.76. The molecule has 80 heavy (non-hydrogen) atoms. The number of nitrogens with zero attached hydrogens (tertiary/aromatic N) is 2. The second-order valence-electron chi connectivity index (χ2n) is 19.7. The molecule has 2 aliphatic heterocycles. The Hall–Kier alpha value is -6.42. The maximum atomic E-state index is 14.1. The van der Waals surface area contributed by atoms with Gasteiger partial charge in [0.05, 0.1) is 21.3 Å². The molecule has 2 fully saturated rings. The molecule has 0 saturated carbocycles. The van der Waals surface area contributed by atoms with E-state index in [1.807, 2.05) is 0 Å².